The van der Waals surface area contributed by atoms with Crippen LogP contribution in [0.3, 0.4) is 0 Å². The molecule has 0 spiro atoms. The number of benzene rings is 2. The maximum absolute atomic E-state index is 12.4. The van der Waals surface area contributed by atoms with E-state index < -0.39 is 6.10 Å². The molecule has 1 N–H and O–H groups in total. The average Bonchev–Trinajstić information content (AvgIpc) is 3.31. The summed E-state index contributed by atoms with van der Waals surface area (Å²) in [4.78, 5) is 27.2. The Bertz CT molecular complexity index is 1070. The minimum Gasteiger partial charge on any atom is -0.389 e. The van der Waals surface area contributed by atoms with Gasteiger partial charge in [0.1, 0.15) is 0 Å². The van der Waals surface area contributed by atoms with Gasteiger partial charge in [0.15, 0.2) is 5.82 Å². The van der Waals surface area contributed by atoms with Crippen molar-refractivity contribution in [2.45, 2.75) is 25.7 Å². The molecule has 1 atom stereocenters. The fourth-order valence-corrected chi connectivity index (χ4v) is 3.46. The SMILES string of the molecule is O=C1c2ccccc2C(=O)N1CCc1nnn(C[C@@H](O)COCc2ccccc2Cl)n1. The monoisotopic (exact) mass is 441 g/mol. The summed E-state index contributed by atoms with van der Waals surface area (Å²) in [6.45, 7) is 0.619. The summed E-state index contributed by atoms with van der Waals surface area (Å²) >= 11 is 6.07. The Morgan fingerprint density at radius 1 is 1.03 bits per heavy atom. The highest BCUT2D eigenvalue weighted by atomic mass is 35.5. The van der Waals surface area contributed by atoms with Crippen LogP contribution in [0.2, 0.25) is 5.02 Å². The number of carbonyl (C=O) groups is 2. The highest BCUT2D eigenvalue weighted by Gasteiger charge is 2.34. The van der Waals surface area contributed by atoms with Crippen molar-refractivity contribution in [3.05, 3.63) is 76.1 Å². The molecule has 0 aliphatic carbocycles. The van der Waals surface area contributed by atoms with Crippen molar-refractivity contribution in [1.29, 1.82) is 0 Å². The third-order valence-corrected chi connectivity index (χ3v) is 5.20. The van der Waals surface area contributed by atoms with E-state index in [1.807, 2.05) is 18.2 Å². The van der Waals surface area contributed by atoms with E-state index in [9.17, 15) is 14.7 Å². The Hall–Kier alpha value is -3.14. The van der Waals surface area contributed by atoms with Gasteiger partial charge in [-0.2, -0.15) is 4.80 Å². The second-order valence-corrected chi connectivity index (χ2v) is 7.49. The maximum atomic E-state index is 12.4. The van der Waals surface area contributed by atoms with Crippen LogP contribution in [0, 0.1) is 0 Å². The number of aromatic nitrogens is 4. The zero-order valence-corrected chi connectivity index (χ0v) is 17.3. The van der Waals surface area contributed by atoms with E-state index in [1.54, 1.807) is 30.3 Å². The number of ether oxygens (including phenoxy) is 1. The maximum Gasteiger partial charge on any atom is 0.261 e. The Balaban J connectivity index is 1.25. The van der Waals surface area contributed by atoms with Crippen molar-refractivity contribution in [3.63, 3.8) is 0 Å². The van der Waals surface area contributed by atoms with Crippen molar-refractivity contribution in [2.24, 2.45) is 0 Å². The molecule has 0 radical (unpaired) electrons. The largest absolute Gasteiger partial charge is 0.389 e. The smallest absolute Gasteiger partial charge is 0.261 e. The molecular weight excluding hydrogens is 422 g/mol. The van der Waals surface area contributed by atoms with E-state index in [1.165, 1.54) is 9.70 Å². The third-order valence-electron chi connectivity index (χ3n) is 4.83. The van der Waals surface area contributed by atoms with E-state index in [-0.39, 0.29) is 44.5 Å². The molecule has 4 rings (SSSR count). The molecule has 9 nitrogen and oxygen atoms in total. The van der Waals surface area contributed by atoms with Crippen LogP contribution in [-0.4, -0.2) is 61.3 Å². The molecule has 2 amide bonds. The van der Waals surface area contributed by atoms with Crippen molar-refractivity contribution in [1.82, 2.24) is 25.1 Å². The van der Waals surface area contributed by atoms with Gasteiger partial charge in [-0.3, -0.25) is 14.5 Å². The number of amides is 2. The summed E-state index contributed by atoms with van der Waals surface area (Å²) in [5.74, 6) is -0.265. The summed E-state index contributed by atoms with van der Waals surface area (Å²) in [5.41, 5.74) is 1.65. The van der Waals surface area contributed by atoms with Gasteiger partial charge in [0, 0.05) is 18.0 Å². The number of imide groups is 1. The normalized spacial score (nSPS) is 14.2. The molecule has 0 unspecified atom stereocenters. The predicted octanol–water partition coefficient (Wildman–Crippen LogP) is 1.74. The van der Waals surface area contributed by atoms with Crippen molar-refractivity contribution >= 4 is 23.4 Å². The molecule has 0 saturated carbocycles. The van der Waals surface area contributed by atoms with Gasteiger partial charge in [0.05, 0.1) is 37.0 Å². The Morgan fingerprint density at radius 3 is 2.42 bits per heavy atom. The lowest BCUT2D eigenvalue weighted by atomic mass is 10.1. The number of hydrogen-bond acceptors (Lipinski definition) is 7. The number of carbonyl (C=O) groups excluding carboxylic acids is 2. The van der Waals surface area contributed by atoms with Gasteiger partial charge in [0.2, 0.25) is 0 Å². The van der Waals surface area contributed by atoms with Crippen molar-refractivity contribution in [3.8, 4) is 0 Å². The molecule has 2 heterocycles. The fraction of sp³-hybridized carbons (Fsp3) is 0.286. The van der Waals surface area contributed by atoms with Crippen LogP contribution in [0.15, 0.2) is 48.5 Å². The molecule has 2 aromatic carbocycles. The Kier molecular flexibility index (Phi) is 6.36. The van der Waals surface area contributed by atoms with Crippen LogP contribution in [0.1, 0.15) is 32.1 Å². The van der Waals surface area contributed by atoms with E-state index in [0.717, 1.165) is 5.56 Å². The lowest BCUT2D eigenvalue weighted by Crippen LogP contribution is -2.32. The molecule has 0 fully saturated rings. The first-order chi connectivity index (χ1) is 15.0. The molecule has 10 heteroatoms. The van der Waals surface area contributed by atoms with Crippen LogP contribution < -0.4 is 0 Å². The van der Waals surface area contributed by atoms with E-state index in [2.05, 4.69) is 15.4 Å². The number of halogens is 1. The van der Waals surface area contributed by atoms with Crippen molar-refractivity contribution < 1.29 is 19.4 Å². The van der Waals surface area contributed by atoms with Crippen LogP contribution in [-0.2, 0) is 24.3 Å². The van der Waals surface area contributed by atoms with E-state index in [0.29, 0.717) is 22.0 Å². The highest BCUT2D eigenvalue weighted by Crippen LogP contribution is 2.22. The molecule has 0 bridgehead atoms. The second kappa shape index (κ2) is 9.34. The lowest BCUT2D eigenvalue weighted by Gasteiger charge is -2.12. The second-order valence-electron chi connectivity index (χ2n) is 7.08. The number of nitrogens with zero attached hydrogens (tertiary/aromatic N) is 5. The lowest BCUT2D eigenvalue weighted by molar-refractivity contribution is 0.0164. The van der Waals surface area contributed by atoms with Gasteiger partial charge in [-0.05, 0) is 29.0 Å². The number of hydrogen-bond donors (Lipinski definition) is 1. The zero-order valence-electron chi connectivity index (χ0n) is 16.5. The fourth-order valence-electron chi connectivity index (χ4n) is 3.27. The number of rotatable bonds is 9. The van der Waals surface area contributed by atoms with Gasteiger partial charge in [-0.1, -0.05) is 41.9 Å². The first-order valence-corrected chi connectivity index (χ1v) is 10.1. The first-order valence-electron chi connectivity index (χ1n) is 9.74. The van der Waals surface area contributed by atoms with Gasteiger partial charge in [-0.15, -0.1) is 10.2 Å². The number of fused-ring (bicyclic) bond motifs is 1. The highest BCUT2D eigenvalue weighted by molar-refractivity contribution is 6.31. The molecule has 1 aliphatic rings. The van der Waals surface area contributed by atoms with Gasteiger partial charge >= 0.3 is 0 Å². The minimum absolute atomic E-state index is 0.0805. The van der Waals surface area contributed by atoms with Crippen LogP contribution in [0.4, 0.5) is 0 Å². The van der Waals surface area contributed by atoms with E-state index >= 15 is 0 Å². The third kappa shape index (κ3) is 4.79. The average molecular weight is 442 g/mol. The van der Waals surface area contributed by atoms with E-state index in [4.69, 9.17) is 16.3 Å². The summed E-state index contributed by atoms with van der Waals surface area (Å²) in [6.07, 6.45) is -0.564. The number of tetrazole rings is 1. The first kappa shape index (κ1) is 21.1. The topological polar surface area (TPSA) is 110 Å². The number of aliphatic hydroxyl groups excluding tert-OH is 1. The van der Waals surface area contributed by atoms with Gasteiger partial charge in [0.25, 0.3) is 11.8 Å². The molecule has 31 heavy (non-hydrogen) atoms. The predicted molar refractivity (Wildman–Crippen MR) is 110 cm³/mol. The quantitative estimate of drug-likeness (QED) is 0.503. The number of aliphatic hydroxyl groups is 1. The van der Waals surface area contributed by atoms with Crippen LogP contribution in [0.25, 0.3) is 0 Å². The van der Waals surface area contributed by atoms with Gasteiger partial charge in [-0.25, -0.2) is 0 Å². The molecule has 160 valence electrons. The summed E-state index contributed by atoms with van der Waals surface area (Å²) < 4.78 is 5.51. The Morgan fingerprint density at radius 2 is 1.71 bits per heavy atom. The molecular formula is C21H20ClN5O4. The van der Waals surface area contributed by atoms with Crippen molar-refractivity contribution in [2.75, 3.05) is 13.2 Å². The van der Waals surface area contributed by atoms with Gasteiger partial charge < -0.3 is 9.84 Å². The van der Waals surface area contributed by atoms with Crippen LogP contribution in [0.5, 0.6) is 0 Å². The molecule has 3 aromatic rings. The molecule has 1 aromatic heterocycles. The molecule has 1 aliphatic heterocycles. The minimum atomic E-state index is -0.833. The molecule has 0 saturated heterocycles. The summed E-state index contributed by atoms with van der Waals surface area (Å²) in [5, 5.41) is 22.8. The summed E-state index contributed by atoms with van der Waals surface area (Å²) in [7, 11) is 0. The standard InChI is InChI=1S/C21H20ClN5O4/c22-18-8-4-1-5-14(18)12-31-13-15(28)11-27-24-19(23-25-27)9-10-26-20(29)16-6-2-3-7-17(16)21(26)30/h1-8,15,28H,9-13H2/t15-/m1/s1. The Labute approximate surface area is 183 Å². The van der Waals surface area contributed by atoms with Crippen LogP contribution >= 0.6 is 11.6 Å². The summed E-state index contributed by atoms with van der Waals surface area (Å²) in [6, 6.07) is 14.1. The zero-order chi connectivity index (χ0) is 21.8.